The Balaban J connectivity index is 1.55. The van der Waals surface area contributed by atoms with Crippen LogP contribution >= 0.6 is 0 Å². The summed E-state index contributed by atoms with van der Waals surface area (Å²) in [5.41, 5.74) is 2.02. The van der Waals surface area contributed by atoms with E-state index in [9.17, 15) is 4.79 Å². The molecule has 1 aliphatic rings. The van der Waals surface area contributed by atoms with E-state index in [1.165, 1.54) is 0 Å². The monoisotopic (exact) mass is 351 g/mol. The minimum Gasteiger partial charge on any atom is -0.341 e. The topological polar surface area (TPSA) is 98.8 Å². The van der Waals surface area contributed by atoms with Gasteiger partial charge in [-0.1, -0.05) is 0 Å². The van der Waals surface area contributed by atoms with Gasteiger partial charge < -0.3 is 15.5 Å². The van der Waals surface area contributed by atoms with Gasteiger partial charge in [0.2, 0.25) is 5.95 Å². The largest absolute Gasteiger partial charge is 0.341 e. The molecule has 0 aliphatic carbocycles. The molecule has 26 heavy (non-hydrogen) atoms. The number of nitrogens with one attached hydrogen (secondary N) is 3. The van der Waals surface area contributed by atoms with Crippen molar-refractivity contribution in [3.05, 3.63) is 42.4 Å². The highest BCUT2D eigenvalue weighted by atomic mass is 16.1. The average Bonchev–Trinajstić information content (AvgIpc) is 3.20. The Kier molecular flexibility index (Phi) is 4.49. The number of fused-ring (bicyclic) bond motifs is 1. The zero-order valence-corrected chi connectivity index (χ0v) is 14.6. The number of hydrogen-bond acceptors (Lipinski definition) is 6. The highest BCUT2D eigenvalue weighted by Gasteiger charge is 2.20. The van der Waals surface area contributed by atoms with Crippen LogP contribution in [0.3, 0.4) is 0 Å². The Morgan fingerprint density at radius 3 is 2.88 bits per heavy atom. The molecule has 3 heterocycles. The van der Waals surface area contributed by atoms with Crippen molar-refractivity contribution in [2.75, 3.05) is 30.4 Å². The number of piperidine rings is 1. The molecule has 1 fully saturated rings. The Morgan fingerprint density at radius 2 is 2.12 bits per heavy atom. The zero-order chi connectivity index (χ0) is 17.9. The lowest BCUT2D eigenvalue weighted by atomic mass is 10.1. The van der Waals surface area contributed by atoms with Crippen LogP contribution in [0, 0.1) is 0 Å². The van der Waals surface area contributed by atoms with E-state index >= 15 is 0 Å². The maximum atomic E-state index is 12.3. The van der Waals surface area contributed by atoms with Crippen molar-refractivity contribution in [2.24, 2.45) is 0 Å². The van der Waals surface area contributed by atoms with Crippen molar-refractivity contribution in [3.8, 4) is 0 Å². The second-order valence-corrected chi connectivity index (χ2v) is 6.48. The van der Waals surface area contributed by atoms with Gasteiger partial charge in [-0.05, 0) is 44.1 Å². The van der Waals surface area contributed by atoms with Crippen LogP contribution in [0.2, 0.25) is 0 Å². The van der Waals surface area contributed by atoms with Gasteiger partial charge in [0, 0.05) is 36.4 Å². The van der Waals surface area contributed by atoms with Crippen molar-refractivity contribution in [1.29, 1.82) is 0 Å². The Morgan fingerprint density at radius 1 is 1.27 bits per heavy atom. The number of amides is 1. The van der Waals surface area contributed by atoms with E-state index < -0.39 is 0 Å². The van der Waals surface area contributed by atoms with Crippen molar-refractivity contribution in [1.82, 2.24) is 25.5 Å². The molecule has 0 atom stereocenters. The molecule has 1 amide bonds. The van der Waals surface area contributed by atoms with Crippen LogP contribution in [-0.4, -0.2) is 52.3 Å². The fourth-order valence-electron chi connectivity index (χ4n) is 3.21. The number of anilines is 2. The third kappa shape index (κ3) is 3.36. The van der Waals surface area contributed by atoms with E-state index in [-0.39, 0.29) is 5.91 Å². The Labute approximate surface area is 151 Å². The van der Waals surface area contributed by atoms with E-state index in [2.05, 4.69) is 35.7 Å². The molecule has 0 radical (unpaired) electrons. The molecule has 3 N–H and O–H groups in total. The number of aromatic amines is 1. The molecule has 0 saturated carbocycles. The smallest absolute Gasteiger partial charge is 0.255 e. The summed E-state index contributed by atoms with van der Waals surface area (Å²) in [5, 5.41) is 13.5. The predicted octanol–water partition coefficient (Wildman–Crippen LogP) is 1.79. The molecule has 1 saturated heterocycles. The molecule has 8 heteroatoms. The van der Waals surface area contributed by atoms with Gasteiger partial charge in [-0.15, -0.1) is 0 Å². The number of rotatable bonds is 4. The predicted molar refractivity (Wildman–Crippen MR) is 100 cm³/mol. The highest BCUT2D eigenvalue weighted by Crippen LogP contribution is 2.20. The normalized spacial score (nSPS) is 15.1. The van der Waals surface area contributed by atoms with Crippen LogP contribution < -0.4 is 15.5 Å². The van der Waals surface area contributed by atoms with Gasteiger partial charge in [0.25, 0.3) is 5.91 Å². The van der Waals surface area contributed by atoms with E-state index in [0.29, 0.717) is 17.3 Å². The third-order valence-corrected chi connectivity index (χ3v) is 4.76. The lowest BCUT2D eigenvalue weighted by Crippen LogP contribution is -2.41. The molecule has 0 spiro atoms. The molecule has 3 aromatic rings. The van der Waals surface area contributed by atoms with Crippen molar-refractivity contribution in [2.45, 2.75) is 18.9 Å². The van der Waals surface area contributed by atoms with Crippen LogP contribution in [0.1, 0.15) is 23.2 Å². The first-order valence-corrected chi connectivity index (χ1v) is 8.71. The van der Waals surface area contributed by atoms with Crippen molar-refractivity contribution >= 4 is 28.4 Å². The van der Waals surface area contributed by atoms with Crippen LogP contribution in [0.4, 0.5) is 11.6 Å². The van der Waals surface area contributed by atoms with Gasteiger partial charge in [-0.3, -0.25) is 9.89 Å². The number of nitrogens with zero attached hydrogens (tertiary/aromatic N) is 4. The lowest BCUT2D eigenvalue weighted by molar-refractivity contribution is 0.102. The molecule has 4 rings (SSSR count). The SMILES string of the molecule is CN(c1ncc2cc(C(=O)Nc3cn[nH]c3)ccc2n1)C1CCNCC1. The first-order valence-electron chi connectivity index (χ1n) is 8.71. The maximum absolute atomic E-state index is 12.3. The minimum absolute atomic E-state index is 0.191. The van der Waals surface area contributed by atoms with Gasteiger partial charge in [0.15, 0.2) is 0 Å². The summed E-state index contributed by atoms with van der Waals surface area (Å²) in [4.78, 5) is 23.7. The van der Waals surface area contributed by atoms with E-state index in [1.54, 1.807) is 30.7 Å². The number of H-pyrrole nitrogens is 1. The first kappa shape index (κ1) is 16.5. The summed E-state index contributed by atoms with van der Waals surface area (Å²) < 4.78 is 0. The first-order chi connectivity index (χ1) is 12.7. The Hall–Kier alpha value is -3.00. The summed E-state index contributed by atoms with van der Waals surface area (Å²) in [6.07, 6.45) is 7.15. The summed E-state index contributed by atoms with van der Waals surface area (Å²) >= 11 is 0. The second-order valence-electron chi connectivity index (χ2n) is 6.48. The number of carbonyl (C=O) groups excluding carboxylic acids is 1. The van der Waals surface area contributed by atoms with Crippen LogP contribution in [0.25, 0.3) is 10.9 Å². The maximum Gasteiger partial charge on any atom is 0.255 e. The molecular formula is C18H21N7O. The molecule has 1 aliphatic heterocycles. The summed E-state index contributed by atoms with van der Waals surface area (Å²) in [6, 6.07) is 5.90. The number of benzene rings is 1. The van der Waals surface area contributed by atoms with Crippen LogP contribution in [-0.2, 0) is 0 Å². The van der Waals surface area contributed by atoms with Gasteiger partial charge >= 0.3 is 0 Å². The molecule has 1 aromatic carbocycles. The number of carbonyl (C=O) groups is 1. The van der Waals surface area contributed by atoms with E-state index in [4.69, 9.17) is 0 Å². The molecule has 2 aromatic heterocycles. The number of aromatic nitrogens is 4. The quantitative estimate of drug-likeness (QED) is 0.663. The van der Waals surface area contributed by atoms with Gasteiger partial charge in [-0.2, -0.15) is 5.10 Å². The van der Waals surface area contributed by atoms with Crippen LogP contribution in [0.15, 0.2) is 36.8 Å². The Bertz CT molecular complexity index is 903. The second kappa shape index (κ2) is 7.09. The molecule has 0 unspecified atom stereocenters. The highest BCUT2D eigenvalue weighted by molar-refractivity contribution is 6.06. The van der Waals surface area contributed by atoms with Gasteiger partial charge in [0.1, 0.15) is 0 Å². The van der Waals surface area contributed by atoms with Gasteiger partial charge in [-0.25, -0.2) is 9.97 Å². The van der Waals surface area contributed by atoms with E-state index in [1.807, 2.05) is 13.1 Å². The molecule has 8 nitrogen and oxygen atoms in total. The van der Waals surface area contributed by atoms with Crippen molar-refractivity contribution < 1.29 is 4.79 Å². The fourth-order valence-corrected chi connectivity index (χ4v) is 3.21. The van der Waals surface area contributed by atoms with Crippen LogP contribution in [0.5, 0.6) is 0 Å². The van der Waals surface area contributed by atoms with Gasteiger partial charge in [0.05, 0.1) is 17.4 Å². The fraction of sp³-hybridized carbons (Fsp3) is 0.333. The standard InChI is InChI=1S/C18H21N7O/c1-25(15-4-6-19-7-5-15)18-20-9-13-8-12(2-3-16(13)24-18)17(26)23-14-10-21-22-11-14/h2-3,8-11,15,19H,4-7H2,1H3,(H,21,22)(H,23,26). The average molecular weight is 351 g/mol. The lowest BCUT2D eigenvalue weighted by Gasteiger charge is -2.31. The summed E-state index contributed by atoms with van der Waals surface area (Å²) in [5.74, 6) is 0.532. The molecule has 0 bridgehead atoms. The zero-order valence-electron chi connectivity index (χ0n) is 14.6. The summed E-state index contributed by atoms with van der Waals surface area (Å²) in [6.45, 7) is 2.05. The molecule has 134 valence electrons. The molecular weight excluding hydrogens is 330 g/mol. The minimum atomic E-state index is -0.191. The van der Waals surface area contributed by atoms with Crippen molar-refractivity contribution in [3.63, 3.8) is 0 Å². The van der Waals surface area contributed by atoms with E-state index in [0.717, 1.165) is 42.8 Å². The third-order valence-electron chi connectivity index (χ3n) is 4.76. The number of hydrogen-bond donors (Lipinski definition) is 3. The summed E-state index contributed by atoms with van der Waals surface area (Å²) in [7, 11) is 2.05.